The zero-order chi connectivity index (χ0) is 32.6. The fourth-order valence-corrected chi connectivity index (χ4v) is 13.6. The van der Waals surface area contributed by atoms with Crippen molar-refractivity contribution in [2.45, 2.75) is 160 Å². The first kappa shape index (κ1) is 34.5. The normalized spacial score (nSPS) is 54.8. The van der Waals surface area contributed by atoms with Gasteiger partial charge in [0.2, 0.25) is 11.6 Å². The molecule has 8 aliphatic heterocycles. The number of hydrogen-bond acceptors (Lipinski definition) is 10. The van der Waals surface area contributed by atoms with Crippen LogP contribution in [-0.4, -0.2) is 70.6 Å². The van der Waals surface area contributed by atoms with Gasteiger partial charge in [-0.05, 0) is 130 Å². The van der Waals surface area contributed by atoms with E-state index in [1.54, 1.807) is 0 Å². The van der Waals surface area contributed by atoms with Crippen LogP contribution in [0.2, 0.25) is 0 Å². The van der Waals surface area contributed by atoms with Crippen LogP contribution in [0.25, 0.3) is 0 Å². The summed E-state index contributed by atoms with van der Waals surface area (Å²) in [6.07, 6.45) is 11.9. The van der Waals surface area contributed by atoms with Gasteiger partial charge in [0.25, 0.3) is 0 Å². The van der Waals surface area contributed by atoms with E-state index in [-0.39, 0.29) is 24.8 Å². The third-order valence-corrected chi connectivity index (χ3v) is 16.5. The zero-order valence-corrected chi connectivity index (χ0v) is 31.3. The summed E-state index contributed by atoms with van der Waals surface area (Å²) in [6.45, 7) is 13.6. The van der Waals surface area contributed by atoms with Gasteiger partial charge in [0, 0.05) is 24.7 Å². The van der Waals surface area contributed by atoms with Crippen LogP contribution < -0.4 is 0 Å². The summed E-state index contributed by atoms with van der Waals surface area (Å²) in [5.74, 6) is 7.08. The van der Waals surface area contributed by atoms with Crippen LogP contribution in [0.5, 0.6) is 0 Å². The Kier molecular flexibility index (Phi) is 9.61. The molecular formula is C37H60O8S2. The predicted octanol–water partition coefficient (Wildman–Crippen LogP) is 8.12. The molecule has 0 aromatic carbocycles. The Morgan fingerprint density at radius 2 is 0.979 bits per heavy atom. The van der Waals surface area contributed by atoms with Gasteiger partial charge in [0.1, 0.15) is 0 Å². The van der Waals surface area contributed by atoms with Crippen molar-refractivity contribution in [2.24, 2.45) is 47.3 Å². The van der Waals surface area contributed by atoms with E-state index in [1.807, 2.05) is 13.8 Å². The van der Waals surface area contributed by atoms with E-state index in [2.05, 4.69) is 51.2 Å². The van der Waals surface area contributed by atoms with E-state index < -0.39 is 22.8 Å². The minimum Gasteiger partial charge on any atom is -0.346 e. The van der Waals surface area contributed by atoms with Crippen molar-refractivity contribution in [3.63, 3.8) is 0 Å². The highest BCUT2D eigenvalue weighted by atomic mass is 32.2. The maximum atomic E-state index is 6.79. The van der Waals surface area contributed by atoms with Crippen molar-refractivity contribution in [3.05, 3.63) is 0 Å². The highest BCUT2D eigenvalue weighted by Gasteiger charge is 2.70. The van der Waals surface area contributed by atoms with Crippen molar-refractivity contribution in [1.82, 2.24) is 0 Å². The zero-order valence-electron chi connectivity index (χ0n) is 29.6. The molecule has 10 aliphatic rings. The Morgan fingerprint density at radius 1 is 0.532 bits per heavy atom. The second-order valence-corrected chi connectivity index (χ2v) is 19.5. The van der Waals surface area contributed by atoms with E-state index in [4.69, 9.17) is 38.5 Å². The average molecular weight is 697 g/mol. The van der Waals surface area contributed by atoms with Crippen LogP contribution in [0.3, 0.4) is 0 Å². The van der Waals surface area contributed by atoms with Gasteiger partial charge in [-0.15, -0.1) is 0 Å². The summed E-state index contributed by atoms with van der Waals surface area (Å²) in [4.78, 5) is 24.6. The first-order valence-electron chi connectivity index (χ1n) is 19.1. The fraction of sp³-hybridized carbons (Fsp3) is 1.00. The third-order valence-electron chi connectivity index (χ3n) is 14.3. The quantitative estimate of drug-likeness (QED) is 0.165. The molecule has 10 heteroatoms. The summed E-state index contributed by atoms with van der Waals surface area (Å²) < 4.78 is 26.7. The minimum absolute atomic E-state index is 0.213. The van der Waals surface area contributed by atoms with Gasteiger partial charge in [-0.3, -0.25) is 0 Å². The summed E-state index contributed by atoms with van der Waals surface area (Å²) in [7, 11) is 0. The Hall–Kier alpha value is 0.380. The van der Waals surface area contributed by atoms with Crippen molar-refractivity contribution < 1.29 is 38.5 Å². The molecule has 10 fully saturated rings. The highest BCUT2D eigenvalue weighted by Crippen LogP contribution is 2.62. The molecule has 2 saturated carbocycles. The Labute approximate surface area is 291 Å². The van der Waals surface area contributed by atoms with Crippen LogP contribution >= 0.6 is 23.5 Å². The standard InChI is InChI=1S/C37H60O8S2/c1-22-8-10-28-24(3)30(38-32-36(28)26(22)12-16-34(5,40-32)42-44-36)14-20-46-18-7-19-47-21-15-31-25(4)29-11-9-23(2)27-13-17-35(6)41-33(39-31)37(27,29)45-43-35/h22-33H,7-21H2,1-6H3/t22-,23-,24-,25-,26+,27+,28+,29+,30-,31-,32-,33-,34+,35+,36-,37-/m1/s1. The molecule has 0 N–H and O–H groups in total. The van der Waals surface area contributed by atoms with Gasteiger partial charge < -0.3 is 18.9 Å². The number of fused-ring (bicyclic) bond motifs is 4. The van der Waals surface area contributed by atoms with Crippen molar-refractivity contribution >= 4 is 23.5 Å². The SMILES string of the molecule is C[C@H]1[C@@H](CCSCCCSCC[C@H]2O[C@@H]3O[C@]4(C)CC[C@H]5[C@H](C)CC[C@@H]([C@H]2C)[C@@]35OO4)O[C@@H]2O[C@]3(C)CC[C@H]4[C@H](C)CC[C@@H]1[C@@]24OO3. The molecular weight excluding hydrogens is 637 g/mol. The third kappa shape index (κ3) is 5.72. The van der Waals surface area contributed by atoms with Crippen LogP contribution in [0, 0.1) is 47.3 Å². The van der Waals surface area contributed by atoms with Gasteiger partial charge in [0.05, 0.1) is 12.2 Å². The lowest BCUT2D eigenvalue weighted by atomic mass is 9.57. The summed E-state index contributed by atoms with van der Waals surface area (Å²) >= 11 is 4.16. The lowest BCUT2D eigenvalue weighted by Crippen LogP contribution is -2.70. The second-order valence-electron chi connectivity index (χ2n) is 17.0. The number of hydrogen-bond donors (Lipinski definition) is 0. The number of rotatable bonds is 10. The van der Waals surface area contributed by atoms with Gasteiger partial charge in [0.15, 0.2) is 23.8 Å². The average Bonchev–Trinajstić information content (AvgIpc) is 3.42. The number of ether oxygens (including phenoxy) is 4. The van der Waals surface area contributed by atoms with Gasteiger partial charge in [-0.1, -0.05) is 27.7 Å². The molecule has 16 atom stereocenters. The van der Waals surface area contributed by atoms with E-state index in [1.165, 1.54) is 43.6 Å². The van der Waals surface area contributed by atoms with Crippen molar-refractivity contribution in [2.75, 3.05) is 23.0 Å². The summed E-state index contributed by atoms with van der Waals surface area (Å²) in [5, 5.41) is 0. The molecule has 268 valence electrons. The van der Waals surface area contributed by atoms with Gasteiger partial charge >= 0.3 is 0 Å². The monoisotopic (exact) mass is 696 g/mol. The molecule has 8 nitrogen and oxygen atoms in total. The van der Waals surface area contributed by atoms with E-state index in [9.17, 15) is 0 Å². The Bertz CT molecular complexity index is 1050. The molecule has 0 unspecified atom stereocenters. The molecule has 0 amide bonds. The molecule has 0 aromatic rings. The second kappa shape index (κ2) is 13.1. The summed E-state index contributed by atoms with van der Waals surface area (Å²) in [5.41, 5.74) is -0.897. The Morgan fingerprint density at radius 3 is 1.43 bits per heavy atom. The largest absolute Gasteiger partial charge is 0.346 e. The highest BCUT2D eigenvalue weighted by molar-refractivity contribution is 8.00. The molecule has 8 saturated heterocycles. The summed E-state index contributed by atoms with van der Waals surface area (Å²) in [6, 6.07) is 0. The smallest absolute Gasteiger partial charge is 0.201 e. The topological polar surface area (TPSA) is 73.8 Å². The van der Waals surface area contributed by atoms with Gasteiger partial charge in [-0.2, -0.15) is 23.5 Å². The molecule has 8 heterocycles. The number of thioether (sulfide) groups is 2. The molecule has 0 radical (unpaired) electrons. The molecule has 0 aromatic heterocycles. The van der Waals surface area contributed by atoms with Gasteiger partial charge in [-0.25, -0.2) is 19.6 Å². The molecule has 47 heavy (non-hydrogen) atoms. The predicted molar refractivity (Wildman–Crippen MR) is 182 cm³/mol. The van der Waals surface area contributed by atoms with Crippen LogP contribution in [0.15, 0.2) is 0 Å². The van der Waals surface area contributed by atoms with E-state index >= 15 is 0 Å². The molecule has 2 aliphatic carbocycles. The minimum atomic E-state index is -0.694. The van der Waals surface area contributed by atoms with Crippen LogP contribution in [0.4, 0.5) is 0 Å². The van der Waals surface area contributed by atoms with Crippen molar-refractivity contribution in [3.8, 4) is 0 Å². The molecule has 2 spiro atoms. The molecule has 4 bridgehead atoms. The lowest BCUT2D eigenvalue weighted by molar-refractivity contribution is -0.571. The van der Waals surface area contributed by atoms with Crippen LogP contribution in [0.1, 0.15) is 112 Å². The Balaban J connectivity index is 0.773. The maximum Gasteiger partial charge on any atom is 0.201 e. The first-order valence-corrected chi connectivity index (χ1v) is 21.5. The maximum absolute atomic E-state index is 6.79. The van der Waals surface area contributed by atoms with E-state index in [0.29, 0.717) is 47.3 Å². The van der Waals surface area contributed by atoms with Crippen molar-refractivity contribution in [1.29, 1.82) is 0 Å². The lowest BCUT2D eigenvalue weighted by Gasteiger charge is -2.60. The fourth-order valence-electron chi connectivity index (χ4n) is 11.5. The van der Waals surface area contributed by atoms with E-state index in [0.717, 1.165) is 50.0 Å². The van der Waals surface area contributed by atoms with Crippen LogP contribution in [-0.2, 0) is 38.5 Å². The first-order chi connectivity index (χ1) is 22.6. The molecule has 10 rings (SSSR count).